The van der Waals surface area contributed by atoms with E-state index in [9.17, 15) is 0 Å². The summed E-state index contributed by atoms with van der Waals surface area (Å²) in [6, 6.07) is 3.33. The van der Waals surface area contributed by atoms with Gasteiger partial charge in [-0.15, -0.1) is 0 Å². The minimum Gasteiger partial charge on any atom is -0.486 e. The maximum absolute atomic E-state index is 6.25. The molecule has 0 saturated heterocycles. The topological polar surface area (TPSA) is 83.4 Å². The van der Waals surface area contributed by atoms with Crippen LogP contribution in [0, 0.1) is 0 Å². The van der Waals surface area contributed by atoms with Gasteiger partial charge < -0.3 is 19.7 Å². The smallest absolute Gasteiger partial charge is 0.229 e. The molecule has 6 nitrogen and oxygen atoms in total. The molecule has 1 saturated carbocycles. The van der Waals surface area contributed by atoms with Crippen molar-refractivity contribution in [3.05, 3.63) is 33.9 Å². The van der Waals surface area contributed by atoms with Crippen LogP contribution >= 0.6 is 15.9 Å². The summed E-state index contributed by atoms with van der Waals surface area (Å²) in [4.78, 5) is 4.40. The highest BCUT2D eigenvalue weighted by atomic mass is 79.9. The van der Waals surface area contributed by atoms with Crippen molar-refractivity contribution in [3.63, 3.8) is 0 Å². The van der Waals surface area contributed by atoms with E-state index >= 15 is 0 Å². The molecule has 21 heavy (non-hydrogen) atoms. The lowest BCUT2D eigenvalue weighted by molar-refractivity contribution is 0.170. The Morgan fingerprint density at radius 3 is 2.86 bits per heavy atom. The third-order valence-corrected chi connectivity index (χ3v) is 4.23. The summed E-state index contributed by atoms with van der Waals surface area (Å²) < 4.78 is 17.3. The highest BCUT2D eigenvalue weighted by Crippen LogP contribution is 2.41. The maximum atomic E-state index is 6.25. The van der Waals surface area contributed by atoms with Gasteiger partial charge in [-0.25, -0.2) is 0 Å². The van der Waals surface area contributed by atoms with Gasteiger partial charge in [-0.05, 0) is 46.5 Å². The van der Waals surface area contributed by atoms with Gasteiger partial charge in [0.25, 0.3) is 0 Å². The van der Waals surface area contributed by atoms with E-state index < -0.39 is 6.04 Å². The third-order valence-electron chi connectivity index (χ3n) is 3.64. The van der Waals surface area contributed by atoms with Crippen LogP contribution in [0.25, 0.3) is 0 Å². The van der Waals surface area contributed by atoms with Crippen molar-refractivity contribution in [1.29, 1.82) is 0 Å². The third kappa shape index (κ3) is 2.40. The summed E-state index contributed by atoms with van der Waals surface area (Å²) in [7, 11) is 0. The fourth-order valence-corrected chi connectivity index (χ4v) is 2.90. The van der Waals surface area contributed by atoms with Crippen molar-refractivity contribution >= 4 is 15.9 Å². The average Bonchev–Trinajstić information content (AvgIpc) is 3.24. The number of benzene rings is 1. The van der Waals surface area contributed by atoms with E-state index in [2.05, 4.69) is 26.1 Å². The minimum atomic E-state index is -0.451. The highest BCUT2D eigenvalue weighted by molar-refractivity contribution is 9.10. The molecule has 1 unspecified atom stereocenters. The van der Waals surface area contributed by atoms with Gasteiger partial charge in [0.15, 0.2) is 17.3 Å². The van der Waals surface area contributed by atoms with Gasteiger partial charge >= 0.3 is 0 Å². The van der Waals surface area contributed by atoms with Crippen LogP contribution in [0.3, 0.4) is 0 Å². The average molecular weight is 352 g/mol. The summed E-state index contributed by atoms with van der Waals surface area (Å²) in [6.07, 6.45) is 2.24. The molecule has 2 aromatic rings. The first-order valence-electron chi connectivity index (χ1n) is 6.90. The molecule has 0 bridgehead atoms. The molecular weight excluding hydrogens is 338 g/mol. The van der Waals surface area contributed by atoms with Gasteiger partial charge in [0.1, 0.15) is 13.2 Å². The maximum Gasteiger partial charge on any atom is 0.229 e. The summed E-state index contributed by atoms with van der Waals surface area (Å²) in [5, 5.41) is 4.00. The summed E-state index contributed by atoms with van der Waals surface area (Å²) in [6.45, 7) is 1.08. The Bertz CT molecular complexity index is 684. The zero-order valence-electron chi connectivity index (χ0n) is 11.2. The molecule has 7 heteroatoms. The standard InChI is InChI=1S/C14H14BrN3O3/c15-9-5-8(6-10-12(9)20-4-3-19-10)11(16)13-17-14(21-18-13)7-1-2-7/h5-7,11H,1-4,16H2. The quantitative estimate of drug-likeness (QED) is 0.914. The Morgan fingerprint density at radius 2 is 2.05 bits per heavy atom. The first kappa shape index (κ1) is 13.1. The molecule has 0 spiro atoms. The molecule has 0 amide bonds. The zero-order valence-corrected chi connectivity index (χ0v) is 12.8. The highest BCUT2D eigenvalue weighted by Gasteiger charge is 2.31. The molecule has 110 valence electrons. The minimum absolute atomic E-state index is 0.422. The summed E-state index contributed by atoms with van der Waals surface area (Å²) in [5.74, 6) is 3.01. The molecule has 1 aliphatic heterocycles. The first-order valence-corrected chi connectivity index (χ1v) is 7.70. The van der Waals surface area contributed by atoms with Crippen molar-refractivity contribution in [2.24, 2.45) is 5.73 Å². The van der Waals surface area contributed by atoms with Crippen LogP contribution in [0.5, 0.6) is 11.5 Å². The van der Waals surface area contributed by atoms with Crippen LogP contribution in [-0.4, -0.2) is 23.4 Å². The summed E-state index contributed by atoms with van der Waals surface area (Å²) >= 11 is 3.49. The number of ether oxygens (including phenoxy) is 2. The van der Waals surface area contributed by atoms with Crippen LogP contribution in [0.15, 0.2) is 21.1 Å². The van der Waals surface area contributed by atoms with Crippen LogP contribution < -0.4 is 15.2 Å². The Morgan fingerprint density at radius 1 is 1.24 bits per heavy atom. The molecule has 1 fully saturated rings. The number of rotatable bonds is 3. The van der Waals surface area contributed by atoms with Gasteiger partial charge in [0.2, 0.25) is 5.89 Å². The van der Waals surface area contributed by atoms with E-state index in [1.807, 2.05) is 12.1 Å². The van der Waals surface area contributed by atoms with Gasteiger partial charge in [0, 0.05) is 5.92 Å². The molecule has 1 atom stereocenters. The van der Waals surface area contributed by atoms with Gasteiger partial charge in [0.05, 0.1) is 10.5 Å². The number of hydrogen-bond acceptors (Lipinski definition) is 6. The number of aromatic nitrogens is 2. The lowest BCUT2D eigenvalue weighted by atomic mass is 10.1. The van der Waals surface area contributed by atoms with Crippen LogP contribution in [0.4, 0.5) is 0 Å². The van der Waals surface area contributed by atoms with Crippen LogP contribution in [-0.2, 0) is 0 Å². The monoisotopic (exact) mass is 351 g/mol. The van der Waals surface area contributed by atoms with E-state index in [1.54, 1.807) is 0 Å². The molecule has 1 aliphatic carbocycles. The molecule has 1 aromatic carbocycles. The molecule has 1 aromatic heterocycles. The van der Waals surface area contributed by atoms with Crippen molar-refractivity contribution in [2.75, 3.05) is 13.2 Å². The normalized spacial score (nSPS) is 18.6. The van der Waals surface area contributed by atoms with Crippen LogP contribution in [0.1, 0.15) is 42.1 Å². The number of nitrogens with two attached hydrogens (primary N) is 1. The van der Waals surface area contributed by atoms with Gasteiger partial charge in [-0.2, -0.15) is 4.98 Å². The van der Waals surface area contributed by atoms with E-state index in [0.29, 0.717) is 42.3 Å². The van der Waals surface area contributed by atoms with Crippen molar-refractivity contribution in [2.45, 2.75) is 24.8 Å². The second-order valence-electron chi connectivity index (χ2n) is 5.27. The fourth-order valence-electron chi connectivity index (χ4n) is 2.33. The SMILES string of the molecule is NC(c1cc(Br)c2c(c1)OCCO2)c1noc(C2CC2)n1. The van der Waals surface area contributed by atoms with Gasteiger partial charge in [-0.3, -0.25) is 0 Å². The number of nitrogens with zero attached hydrogens (tertiary/aromatic N) is 2. The Labute approximate surface area is 129 Å². The molecule has 2 aliphatic rings. The summed E-state index contributed by atoms with van der Waals surface area (Å²) in [5.41, 5.74) is 7.11. The van der Waals surface area contributed by atoms with E-state index in [0.717, 1.165) is 22.9 Å². The van der Waals surface area contributed by atoms with Crippen molar-refractivity contribution in [3.8, 4) is 11.5 Å². The Balaban J connectivity index is 1.66. The van der Waals surface area contributed by atoms with E-state index in [1.165, 1.54) is 0 Å². The lowest BCUT2D eigenvalue weighted by Gasteiger charge is -2.21. The number of hydrogen-bond donors (Lipinski definition) is 1. The second-order valence-corrected chi connectivity index (χ2v) is 6.12. The number of fused-ring (bicyclic) bond motifs is 1. The molecule has 0 radical (unpaired) electrons. The zero-order chi connectivity index (χ0) is 14.4. The van der Waals surface area contributed by atoms with Crippen molar-refractivity contribution in [1.82, 2.24) is 10.1 Å². The Hall–Kier alpha value is -1.60. The molecule has 2 heterocycles. The van der Waals surface area contributed by atoms with E-state index in [4.69, 9.17) is 19.7 Å². The van der Waals surface area contributed by atoms with Crippen LogP contribution in [0.2, 0.25) is 0 Å². The van der Waals surface area contributed by atoms with Gasteiger partial charge in [-0.1, -0.05) is 5.16 Å². The second kappa shape index (κ2) is 4.99. The molecule has 2 N–H and O–H groups in total. The fraction of sp³-hybridized carbons (Fsp3) is 0.429. The largest absolute Gasteiger partial charge is 0.486 e. The van der Waals surface area contributed by atoms with Crippen molar-refractivity contribution < 1.29 is 14.0 Å². The predicted octanol–water partition coefficient (Wildman–Crippen LogP) is 2.53. The molecular formula is C14H14BrN3O3. The first-order chi connectivity index (χ1) is 10.2. The Kier molecular flexibility index (Phi) is 3.11. The molecule has 4 rings (SSSR count). The lowest BCUT2D eigenvalue weighted by Crippen LogP contribution is -2.18. The van der Waals surface area contributed by atoms with E-state index in [-0.39, 0.29) is 0 Å². The predicted molar refractivity (Wildman–Crippen MR) is 77.4 cm³/mol. The number of halogens is 1.